The minimum Gasteiger partial charge on any atom is -0.495 e. The number of nitrogens with one attached hydrogen (secondary N) is 1. The number of hydrogen-bond acceptors (Lipinski definition) is 5. The van der Waals surface area contributed by atoms with Gasteiger partial charge in [-0.15, -0.1) is 0 Å². The van der Waals surface area contributed by atoms with Gasteiger partial charge in [0, 0.05) is 5.56 Å². The van der Waals surface area contributed by atoms with E-state index in [-0.39, 0.29) is 17.4 Å². The molecule has 0 aliphatic rings. The summed E-state index contributed by atoms with van der Waals surface area (Å²) in [4.78, 5) is 17.6. The number of carbonyl (C=O) groups excluding carboxylic acids is 1. The Morgan fingerprint density at radius 1 is 1.10 bits per heavy atom. The Morgan fingerprint density at radius 2 is 1.86 bits per heavy atom. The summed E-state index contributed by atoms with van der Waals surface area (Å²) in [6.45, 7) is 3.67. The number of ether oxygens (including phenoxy) is 1. The number of methoxy groups -OCH3 is 1. The molecule has 146 valence electrons. The van der Waals surface area contributed by atoms with Gasteiger partial charge in [0.1, 0.15) is 11.6 Å². The van der Waals surface area contributed by atoms with Gasteiger partial charge >= 0.3 is 0 Å². The SMILES string of the molecule is COc1ccc(C)cc1NC(=O)c1cc(-c2ccc(F)cc2)nc2onc(C)c12. The number of halogens is 1. The van der Waals surface area contributed by atoms with Crippen molar-refractivity contribution in [3.05, 3.63) is 71.2 Å². The van der Waals surface area contributed by atoms with E-state index in [1.807, 2.05) is 19.1 Å². The number of aromatic nitrogens is 2. The van der Waals surface area contributed by atoms with Crippen LogP contribution in [0.15, 0.2) is 53.1 Å². The smallest absolute Gasteiger partial charge is 0.259 e. The number of amides is 1. The van der Waals surface area contributed by atoms with E-state index in [0.717, 1.165) is 5.56 Å². The van der Waals surface area contributed by atoms with Gasteiger partial charge in [-0.3, -0.25) is 4.79 Å². The fourth-order valence-corrected chi connectivity index (χ4v) is 3.15. The standard InChI is InChI=1S/C22H18FN3O3/c1-12-4-9-19(28-3)18(10-12)24-21(27)16-11-17(14-5-7-15(23)8-6-14)25-22-20(16)13(2)26-29-22/h4-11H,1-3H3,(H,24,27). The molecule has 2 heterocycles. The molecule has 7 heteroatoms. The van der Waals surface area contributed by atoms with Crippen LogP contribution in [0.1, 0.15) is 21.6 Å². The Labute approximate surface area is 166 Å². The molecule has 0 aliphatic carbocycles. The predicted octanol–water partition coefficient (Wildman–Crippen LogP) is 4.91. The van der Waals surface area contributed by atoms with Gasteiger partial charge in [0.15, 0.2) is 0 Å². The number of aryl methyl sites for hydroxylation is 2. The van der Waals surface area contributed by atoms with Gasteiger partial charge < -0.3 is 14.6 Å². The quantitative estimate of drug-likeness (QED) is 0.535. The van der Waals surface area contributed by atoms with Crippen molar-refractivity contribution in [3.8, 4) is 17.0 Å². The van der Waals surface area contributed by atoms with Crippen molar-refractivity contribution >= 4 is 22.7 Å². The number of hydrogen-bond donors (Lipinski definition) is 1. The Hall–Kier alpha value is -3.74. The van der Waals surface area contributed by atoms with Gasteiger partial charge in [0.05, 0.1) is 35.1 Å². The van der Waals surface area contributed by atoms with Crippen LogP contribution in [0.25, 0.3) is 22.4 Å². The maximum absolute atomic E-state index is 13.3. The van der Waals surface area contributed by atoms with E-state index in [1.54, 1.807) is 38.3 Å². The molecule has 4 rings (SSSR count). The van der Waals surface area contributed by atoms with E-state index in [1.165, 1.54) is 12.1 Å². The Morgan fingerprint density at radius 3 is 2.59 bits per heavy atom. The van der Waals surface area contributed by atoms with E-state index < -0.39 is 0 Å². The van der Waals surface area contributed by atoms with Crippen LogP contribution in [0.5, 0.6) is 5.75 Å². The summed E-state index contributed by atoms with van der Waals surface area (Å²) in [5, 5.41) is 7.36. The lowest BCUT2D eigenvalue weighted by Crippen LogP contribution is -2.14. The molecule has 1 amide bonds. The second-order valence-corrected chi connectivity index (χ2v) is 6.67. The Bertz CT molecular complexity index is 1220. The van der Waals surface area contributed by atoms with Crippen LogP contribution >= 0.6 is 0 Å². The molecule has 0 aliphatic heterocycles. The molecule has 2 aromatic heterocycles. The second kappa shape index (κ2) is 7.35. The fourth-order valence-electron chi connectivity index (χ4n) is 3.15. The van der Waals surface area contributed by atoms with Crippen molar-refractivity contribution in [2.75, 3.05) is 12.4 Å². The normalized spacial score (nSPS) is 10.9. The summed E-state index contributed by atoms with van der Waals surface area (Å²) >= 11 is 0. The Kier molecular flexibility index (Phi) is 4.72. The molecule has 0 radical (unpaired) electrons. The zero-order chi connectivity index (χ0) is 20.5. The molecular weight excluding hydrogens is 373 g/mol. The van der Waals surface area contributed by atoms with Gasteiger partial charge in [0.2, 0.25) is 0 Å². The highest BCUT2D eigenvalue weighted by Gasteiger charge is 2.20. The average molecular weight is 391 g/mol. The third-order valence-corrected chi connectivity index (χ3v) is 4.60. The summed E-state index contributed by atoms with van der Waals surface area (Å²) in [7, 11) is 1.54. The highest BCUT2D eigenvalue weighted by molar-refractivity contribution is 6.13. The molecule has 2 aromatic carbocycles. The molecule has 0 unspecified atom stereocenters. The summed E-state index contributed by atoms with van der Waals surface area (Å²) in [6.07, 6.45) is 0. The summed E-state index contributed by atoms with van der Waals surface area (Å²) in [5.74, 6) is -0.152. The number of benzene rings is 2. The average Bonchev–Trinajstić information content (AvgIpc) is 3.09. The van der Waals surface area contributed by atoms with Gasteiger partial charge in [-0.1, -0.05) is 11.2 Å². The van der Waals surface area contributed by atoms with Gasteiger partial charge in [-0.25, -0.2) is 9.37 Å². The van der Waals surface area contributed by atoms with Crippen LogP contribution in [0.3, 0.4) is 0 Å². The molecule has 0 saturated heterocycles. The van der Waals surface area contributed by atoms with E-state index in [9.17, 15) is 9.18 Å². The topological polar surface area (TPSA) is 77.2 Å². The minimum atomic E-state index is -0.352. The van der Waals surface area contributed by atoms with E-state index in [4.69, 9.17) is 9.26 Å². The maximum atomic E-state index is 13.3. The van der Waals surface area contributed by atoms with Crippen molar-refractivity contribution in [1.82, 2.24) is 10.1 Å². The van der Waals surface area contributed by atoms with E-state index >= 15 is 0 Å². The first kappa shape index (κ1) is 18.6. The number of pyridine rings is 1. The number of carbonyl (C=O) groups is 1. The van der Waals surface area contributed by atoms with Crippen LogP contribution < -0.4 is 10.1 Å². The molecule has 0 atom stereocenters. The predicted molar refractivity (Wildman–Crippen MR) is 108 cm³/mol. The summed E-state index contributed by atoms with van der Waals surface area (Å²) in [6, 6.07) is 13.0. The van der Waals surface area contributed by atoms with Crippen molar-refractivity contribution in [2.45, 2.75) is 13.8 Å². The van der Waals surface area contributed by atoms with E-state index in [0.29, 0.717) is 39.3 Å². The highest BCUT2D eigenvalue weighted by Crippen LogP contribution is 2.30. The zero-order valence-corrected chi connectivity index (χ0v) is 16.1. The van der Waals surface area contributed by atoms with Crippen molar-refractivity contribution in [2.24, 2.45) is 0 Å². The van der Waals surface area contributed by atoms with Crippen LogP contribution in [0, 0.1) is 19.7 Å². The Balaban J connectivity index is 1.81. The third-order valence-electron chi connectivity index (χ3n) is 4.60. The van der Waals surface area contributed by atoms with Crippen molar-refractivity contribution in [3.63, 3.8) is 0 Å². The van der Waals surface area contributed by atoms with Crippen LogP contribution in [-0.4, -0.2) is 23.2 Å². The lowest BCUT2D eigenvalue weighted by molar-refractivity contribution is 0.102. The molecule has 0 spiro atoms. The second-order valence-electron chi connectivity index (χ2n) is 6.67. The lowest BCUT2D eigenvalue weighted by atomic mass is 10.0. The van der Waals surface area contributed by atoms with Gasteiger partial charge in [-0.05, 0) is 61.9 Å². The minimum absolute atomic E-state index is 0.241. The first-order valence-electron chi connectivity index (χ1n) is 8.95. The highest BCUT2D eigenvalue weighted by atomic mass is 19.1. The fraction of sp³-hybridized carbons (Fsp3) is 0.136. The molecule has 6 nitrogen and oxygen atoms in total. The molecule has 4 aromatic rings. The maximum Gasteiger partial charge on any atom is 0.259 e. The lowest BCUT2D eigenvalue weighted by Gasteiger charge is -2.12. The molecule has 0 fully saturated rings. The monoisotopic (exact) mass is 391 g/mol. The zero-order valence-electron chi connectivity index (χ0n) is 16.1. The largest absolute Gasteiger partial charge is 0.495 e. The molecular formula is C22H18FN3O3. The van der Waals surface area contributed by atoms with Gasteiger partial charge in [0.25, 0.3) is 11.6 Å². The first-order chi connectivity index (χ1) is 14.0. The summed E-state index contributed by atoms with van der Waals surface area (Å²) in [5.41, 5.74) is 3.83. The molecule has 0 bridgehead atoms. The van der Waals surface area contributed by atoms with Crippen molar-refractivity contribution in [1.29, 1.82) is 0 Å². The first-order valence-corrected chi connectivity index (χ1v) is 8.95. The van der Waals surface area contributed by atoms with Crippen molar-refractivity contribution < 1.29 is 18.4 Å². The van der Waals surface area contributed by atoms with Gasteiger partial charge in [-0.2, -0.15) is 0 Å². The number of rotatable bonds is 4. The molecule has 0 saturated carbocycles. The molecule has 29 heavy (non-hydrogen) atoms. The van der Waals surface area contributed by atoms with Crippen LogP contribution in [0.4, 0.5) is 10.1 Å². The number of nitrogens with zero attached hydrogens (tertiary/aromatic N) is 2. The molecule has 1 N–H and O–H groups in total. The number of fused-ring (bicyclic) bond motifs is 1. The van der Waals surface area contributed by atoms with Crippen LogP contribution in [0.2, 0.25) is 0 Å². The van der Waals surface area contributed by atoms with Crippen LogP contribution in [-0.2, 0) is 0 Å². The van der Waals surface area contributed by atoms with E-state index in [2.05, 4.69) is 15.5 Å². The number of anilines is 1. The third kappa shape index (κ3) is 3.54. The summed E-state index contributed by atoms with van der Waals surface area (Å²) < 4.78 is 23.9.